The van der Waals surface area contributed by atoms with Gasteiger partial charge >= 0.3 is 15.2 Å². The molecular formula is C28H28O6P2. The Morgan fingerprint density at radius 1 is 0.667 bits per heavy atom. The standard InChI is InChI=1S/C28H28O6P2/c1-21-28(20-33-36(30,34-21)17-23-11-13-25-7-3-5-9-27(25)15-23)18-31-35(29,32-19-28)16-22-10-12-24-6-2-4-8-26(24)14-22/h2-15,21H,16-20H2,1H3. The molecule has 4 aromatic rings. The van der Waals surface area contributed by atoms with Crippen LogP contribution >= 0.6 is 15.2 Å². The maximum absolute atomic E-state index is 13.5. The molecule has 2 heterocycles. The molecule has 2 saturated heterocycles. The lowest BCUT2D eigenvalue weighted by Crippen LogP contribution is -2.50. The molecule has 6 rings (SSSR count). The highest BCUT2D eigenvalue weighted by Gasteiger charge is 2.52. The normalized spacial score (nSPS) is 30.6. The Morgan fingerprint density at radius 3 is 1.64 bits per heavy atom. The Morgan fingerprint density at radius 2 is 1.11 bits per heavy atom. The molecule has 0 aliphatic carbocycles. The third-order valence-corrected chi connectivity index (χ3v) is 10.9. The van der Waals surface area contributed by atoms with Crippen molar-refractivity contribution in [2.45, 2.75) is 25.4 Å². The van der Waals surface area contributed by atoms with Gasteiger partial charge < -0.3 is 18.1 Å². The molecular weight excluding hydrogens is 494 g/mol. The monoisotopic (exact) mass is 522 g/mol. The van der Waals surface area contributed by atoms with Crippen LogP contribution in [-0.2, 0) is 39.5 Å². The van der Waals surface area contributed by atoms with Crippen LogP contribution in [0, 0.1) is 5.41 Å². The van der Waals surface area contributed by atoms with E-state index in [-0.39, 0.29) is 32.1 Å². The van der Waals surface area contributed by atoms with E-state index in [1.54, 1.807) is 0 Å². The van der Waals surface area contributed by atoms with Gasteiger partial charge in [0.05, 0.1) is 43.7 Å². The van der Waals surface area contributed by atoms with Crippen molar-refractivity contribution in [1.29, 1.82) is 0 Å². The van der Waals surface area contributed by atoms with E-state index in [0.29, 0.717) is 0 Å². The summed E-state index contributed by atoms with van der Waals surface area (Å²) in [5.41, 5.74) is 1.14. The van der Waals surface area contributed by atoms with Gasteiger partial charge in [-0.15, -0.1) is 0 Å². The zero-order valence-electron chi connectivity index (χ0n) is 20.0. The first kappa shape index (κ1) is 24.1. The maximum Gasteiger partial charge on any atom is 0.335 e. The Balaban J connectivity index is 1.11. The van der Waals surface area contributed by atoms with Gasteiger partial charge in [-0.3, -0.25) is 9.13 Å². The van der Waals surface area contributed by atoms with E-state index in [4.69, 9.17) is 18.1 Å². The number of hydrogen-bond donors (Lipinski definition) is 0. The second-order valence-electron chi connectivity index (χ2n) is 9.83. The van der Waals surface area contributed by atoms with Crippen molar-refractivity contribution in [3.8, 4) is 0 Å². The van der Waals surface area contributed by atoms with Gasteiger partial charge in [0.15, 0.2) is 0 Å². The fraction of sp³-hybridized carbons (Fsp3) is 0.286. The zero-order chi connectivity index (χ0) is 24.8. The van der Waals surface area contributed by atoms with Crippen LogP contribution in [0.1, 0.15) is 18.1 Å². The van der Waals surface area contributed by atoms with Crippen LogP contribution in [0.25, 0.3) is 21.5 Å². The van der Waals surface area contributed by atoms with Crippen LogP contribution in [0.4, 0.5) is 0 Å². The van der Waals surface area contributed by atoms with Gasteiger partial charge in [0.25, 0.3) is 0 Å². The van der Waals surface area contributed by atoms with Crippen molar-refractivity contribution < 1.29 is 27.2 Å². The Hall–Kier alpha value is -2.30. The summed E-state index contributed by atoms with van der Waals surface area (Å²) in [5, 5.41) is 4.42. The minimum absolute atomic E-state index is 0.162. The van der Waals surface area contributed by atoms with Crippen molar-refractivity contribution >= 4 is 36.7 Å². The lowest BCUT2D eigenvalue weighted by molar-refractivity contribution is -0.106. The maximum atomic E-state index is 13.5. The lowest BCUT2D eigenvalue weighted by Gasteiger charge is -2.47. The summed E-state index contributed by atoms with van der Waals surface area (Å²) in [7, 11) is -6.68. The zero-order valence-corrected chi connectivity index (χ0v) is 21.8. The molecule has 0 radical (unpaired) electrons. The van der Waals surface area contributed by atoms with Gasteiger partial charge in [-0.1, -0.05) is 84.9 Å². The van der Waals surface area contributed by atoms with Crippen LogP contribution in [-0.4, -0.2) is 25.9 Å². The predicted octanol–water partition coefficient (Wildman–Crippen LogP) is 7.55. The average molecular weight is 522 g/mol. The molecule has 1 spiro atoms. The topological polar surface area (TPSA) is 71.1 Å². The van der Waals surface area contributed by atoms with Crippen LogP contribution in [0.15, 0.2) is 84.9 Å². The first-order valence-electron chi connectivity index (χ1n) is 12.1. The molecule has 2 fully saturated rings. The number of fused-ring (bicyclic) bond motifs is 2. The van der Waals surface area contributed by atoms with Crippen molar-refractivity contribution in [3.05, 3.63) is 96.1 Å². The molecule has 2 unspecified atom stereocenters. The summed E-state index contributed by atoms with van der Waals surface area (Å²) < 4.78 is 50.4. The van der Waals surface area contributed by atoms with Crippen LogP contribution in [0.2, 0.25) is 0 Å². The highest BCUT2D eigenvalue weighted by molar-refractivity contribution is 7.53. The summed E-state index contributed by atoms with van der Waals surface area (Å²) >= 11 is 0. The molecule has 2 aliphatic rings. The quantitative estimate of drug-likeness (QED) is 0.258. The Bertz CT molecular complexity index is 1510. The molecule has 2 aliphatic heterocycles. The molecule has 0 N–H and O–H groups in total. The molecule has 0 amide bonds. The Kier molecular flexibility index (Phi) is 6.16. The minimum atomic E-state index is -3.35. The first-order valence-corrected chi connectivity index (χ1v) is 15.5. The van der Waals surface area contributed by atoms with Crippen LogP contribution < -0.4 is 0 Å². The fourth-order valence-electron chi connectivity index (χ4n) is 4.87. The van der Waals surface area contributed by atoms with E-state index in [0.717, 1.165) is 32.7 Å². The minimum Gasteiger partial charge on any atom is -0.307 e. The van der Waals surface area contributed by atoms with Crippen molar-refractivity contribution in [1.82, 2.24) is 0 Å². The van der Waals surface area contributed by atoms with Crippen molar-refractivity contribution in [3.63, 3.8) is 0 Å². The lowest BCUT2D eigenvalue weighted by atomic mass is 9.85. The van der Waals surface area contributed by atoms with Crippen molar-refractivity contribution in [2.24, 2.45) is 5.41 Å². The summed E-state index contributed by atoms with van der Waals surface area (Å²) in [5.74, 6) is 0. The second kappa shape index (κ2) is 9.22. The van der Waals surface area contributed by atoms with Gasteiger partial charge in [0.1, 0.15) is 0 Å². The molecule has 0 saturated carbocycles. The second-order valence-corrected chi connectivity index (χ2v) is 13.9. The van der Waals surface area contributed by atoms with E-state index in [2.05, 4.69) is 0 Å². The van der Waals surface area contributed by atoms with E-state index >= 15 is 0 Å². The predicted molar refractivity (Wildman–Crippen MR) is 141 cm³/mol. The summed E-state index contributed by atoms with van der Waals surface area (Å²) in [4.78, 5) is 0. The fourth-order valence-corrected chi connectivity index (χ4v) is 8.71. The van der Waals surface area contributed by atoms with E-state index < -0.39 is 26.7 Å². The summed E-state index contributed by atoms with van der Waals surface area (Å²) in [6.45, 7) is 2.35. The van der Waals surface area contributed by atoms with E-state index in [1.165, 1.54) is 0 Å². The highest BCUT2D eigenvalue weighted by Crippen LogP contribution is 2.63. The van der Waals surface area contributed by atoms with Gasteiger partial charge in [-0.25, -0.2) is 0 Å². The van der Waals surface area contributed by atoms with Gasteiger partial charge in [-0.2, -0.15) is 0 Å². The average Bonchev–Trinajstić information content (AvgIpc) is 2.88. The van der Waals surface area contributed by atoms with E-state index in [9.17, 15) is 9.13 Å². The molecule has 36 heavy (non-hydrogen) atoms. The smallest absolute Gasteiger partial charge is 0.307 e. The van der Waals surface area contributed by atoms with Crippen LogP contribution in [0.3, 0.4) is 0 Å². The van der Waals surface area contributed by atoms with Crippen LogP contribution in [0.5, 0.6) is 0 Å². The Labute approximate surface area is 210 Å². The molecule has 6 nitrogen and oxygen atoms in total. The molecule has 2 atom stereocenters. The molecule has 4 aromatic carbocycles. The molecule has 186 valence electrons. The number of benzene rings is 4. The molecule has 8 heteroatoms. The largest absolute Gasteiger partial charge is 0.335 e. The molecule has 0 bridgehead atoms. The van der Waals surface area contributed by atoms with Gasteiger partial charge in [0, 0.05) is 0 Å². The summed E-state index contributed by atoms with van der Waals surface area (Å²) in [6.07, 6.45) is -0.0443. The summed E-state index contributed by atoms with van der Waals surface area (Å²) in [6, 6.07) is 28.1. The van der Waals surface area contributed by atoms with Gasteiger partial charge in [-0.05, 0) is 39.6 Å². The first-order chi connectivity index (χ1) is 17.3. The SMILES string of the molecule is CC1OP(=O)(Cc2ccc3ccccc3c2)OCC12COP(=O)(Cc1ccc3ccccc3c1)OC2. The highest BCUT2D eigenvalue weighted by atomic mass is 31.2. The third kappa shape index (κ3) is 4.70. The van der Waals surface area contributed by atoms with Crippen molar-refractivity contribution in [2.75, 3.05) is 19.8 Å². The number of hydrogen-bond acceptors (Lipinski definition) is 6. The molecule has 0 aromatic heterocycles. The van der Waals surface area contributed by atoms with Gasteiger partial charge in [0.2, 0.25) is 0 Å². The van der Waals surface area contributed by atoms with E-state index in [1.807, 2.05) is 91.9 Å². The third-order valence-electron chi connectivity index (χ3n) is 7.21. The number of rotatable bonds is 4.